The summed E-state index contributed by atoms with van der Waals surface area (Å²) in [4.78, 5) is 35.3. The van der Waals surface area contributed by atoms with E-state index in [-0.39, 0.29) is 55.7 Å². The highest BCUT2D eigenvalue weighted by Gasteiger charge is 2.19. The lowest BCUT2D eigenvalue weighted by Gasteiger charge is -2.23. The van der Waals surface area contributed by atoms with E-state index in [1.165, 1.54) is 0 Å². The van der Waals surface area contributed by atoms with Crippen molar-refractivity contribution in [3.63, 3.8) is 0 Å². The van der Waals surface area contributed by atoms with Crippen molar-refractivity contribution in [3.8, 4) is 0 Å². The number of nitrogens with one attached hydrogen (secondary N) is 4. The number of piperazine rings is 1. The number of amides is 2. The zero-order valence-corrected chi connectivity index (χ0v) is 15.0. The van der Waals surface area contributed by atoms with Gasteiger partial charge in [0.1, 0.15) is 0 Å². The molecule has 8 heteroatoms. The van der Waals surface area contributed by atoms with Crippen molar-refractivity contribution >= 4 is 17.8 Å². The highest BCUT2D eigenvalue weighted by atomic mass is 16.5. The molecule has 4 N–H and O–H groups in total. The van der Waals surface area contributed by atoms with Crippen LogP contribution in [0.15, 0.2) is 24.3 Å². The lowest BCUT2D eigenvalue weighted by atomic mass is 10.0. The van der Waals surface area contributed by atoms with Crippen LogP contribution in [0.2, 0.25) is 0 Å². The SMILES string of the molecule is O=C(CCNC(=O)C1CNCCN1)NCCC(=O)OCC1C=CC=CC1. The Morgan fingerprint density at radius 3 is 2.65 bits per heavy atom. The third kappa shape index (κ3) is 7.79. The van der Waals surface area contributed by atoms with E-state index in [2.05, 4.69) is 21.3 Å². The first kappa shape index (κ1) is 20.1. The molecular formula is C18H28N4O4. The van der Waals surface area contributed by atoms with Gasteiger partial charge in [0, 0.05) is 45.1 Å². The molecule has 26 heavy (non-hydrogen) atoms. The Labute approximate surface area is 153 Å². The molecule has 0 bridgehead atoms. The summed E-state index contributed by atoms with van der Waals surface area (Å²) in [5.74, 6) is -0.401. The molecule has 1 fully saturated rings. The molecule has 2 atom stereocenters. The van der Waals surface area contributed by atoms with Crippen LogP contribution in [-0.2, 0) is 19.1 Å². The minimum absolute atomic E-state index is 0.111. The Balaban J connectivity index is 1.47. The van der Waals surface area contributed by atoms with Crippen LogP contribution in [0.4, 0.5) is 0 Å². The van der Waals surface area contributed by atoms with Gasteiger partial charge in [-0.1, -0.05) is 24.3 Å². The molecule has 0 radical (unpaired) electrons. The number of ether oxygens (including phenoxy) is 1. The maximum absolute atomic E-state index is 11.9. The summed E-state index contributed by atoms with van der Waals surface area (Å²) in [6, 6.07) is -0.254. The smallest absolute Gasteiger partial charge is 0.307 e. The minimum atomic E-state index is -0.322. The maximum Gasteiger partial charge on any atom is 0.307 e. The number of allylic oxidation sites excluding steroid dienone is 3. The van der Waals surface area contributed by atoms with Crippen molar-refractivity contribution in [2.45, 2.75) is 25.3 Å². The Hall–Kier alpha value is -2.19. The van der Waals surface area contributed by atoms with Crippen LogP contribution in [0.5, 0.6) is 0 Å². The molecule has 2 unspecified atom stereocenters. The van der Waals surface area contributed by atoms with Crippen LogP contribution in [0.1, 0.15) is 19.3 Å². The zero-order valence-electron chi connectivity index (χ0n) is 15.0. The van der Waals surface area contributed by atoms with Gasteiger partial charge in [-0.05, 0) is 6.42 Å². The molecule has 0 aromatic carbocycles. The van der Waals surface area contributed by atoms with E-state index in [1.807, 2.05) is 24.3 Å². The first-order valence-corrected chi connectivity index (χ1v) is 9.12. The average molecular weight is 364 g/mol. The predicted octanol–water partition coefficient (Wildman–Crippen LogP) is -0.764. The van der Waals surface area contributed by atoms with E-state index in [0.717, 1.165) is 19.5 Å². The highest BCUT2D eigenvalue weighted by molar-refractivity contribution is 5.83. The van der Waals surface area contributed by atoms with Crippen molar-refractivity contribution < 1.29 is 19.1 Å². The second-order valence-corrected chi connectivity index (χ2v) is 6.34. The third-order valence-electron chi connectivity index (χ3n) is 4.19. The molecule has 0 aromatic rings. The Morgan fingerprint density at radius 2 is 1.92 bits per heavy atom. The number of carbonyl (C=O) groups excluding carboxylic acids is 3. The van der Waals surface area contributed by atoms with E-state index in [1.54, 1.807) is 0 Å². The number of carbonyl (C=O) groups is 3. The van der Waals surface area contributed by atoms with Crippen LogP contribution in [0.3, 0.4) is 0 Å². The van der Waals surface area contributed by atoms with E-state index >= 15 is 0 Å². The molecule has 1 aliphatic carbocycles. The van der Waals surface area contributed by atoms with Gasteiger partial charge in [-0.3, -0.25) is 14.4 Å². The largest absolute Gasteiger partial charge is 0.465 e. The van der Waals surface area contributed by atoms with Gasteiger partial charge in [0.2, 0.25) is 11.8 Å². The summed E-state index contributed by atoms with van der Waals surface area (Å²) < 4.78 is 5.20. The van der Waals surface area contributed by atoms with Crippen LogP contribution in [0, 0.1) is 5.92 Å². The molecule has 2 rings (SSSR count). The second kappa shape index (κ2) is 11.4. The first-order chi connectivity index (χ1) is 12.6. The van der Waals surface area contributed by atoms with Crippen molar-refractivity contribution in [2.75, 3.05) is 39.3 Å². The molecule has 1 aliphatic heterocycles. The number of hydrogen-bond donors (Lipinski definition) is 4. The quantitative estimate of drug-likeness (QED) is 0.401. The van der Waals surface area contributed by atoms with Gasteiger partial charge in [-0.25, -0.2) is 0 Å². The van der Waals surface area contributed by atoms with Gasteiger partial charge >= 0.3 is 5.97 Å². The number of rotatable bonds is 9. The van der Waals surface area contributed by atoms with E-state index in [0.29, 0.717) is 13.2 Å². The summed E-state index contributed by atoms with van der Waals surface area (Å²) >= 11 is 0. The van der Waals surface area contributed by atoms with Gasteiger partial charge in [0.25, 0.3) is 0 Å². The fourth-order valence-electron chi connectivity index (χ4n) is 2.68. The van der Waals surface area contributed by atoms with E-state index in [9.17, 15) is 14.4 Å². The Bertz CT molecular complexity index is 541. The standard InChI is InChI=1S/C18H28N4O4/c23-16(6-8-22-18(25)15-12-19-10-11-20-15)21-9-7-17(24)26-13-14-4-2-1-3-5-14/h1-4,14-15,19-20H,5-13H2,(H,21,23)(H,22,25). The molecule has 2 amide bonds. The average Bonchev–Trinajstić information content (AvgIpc) is 2.68. The topological polar surface area (TPSA) is 109 Å². The molecule has 144 valence electrons. The fraction of sp³-hybridized carbons (Fsp3) is 0.611. The number of esters is 1. The molecular weight excluding hydrogens is 336 g/mol. The van der Waals surface area contributed by atoms with Crippen LogP contribution in [-0.4, -0.2) is 63.2 Å². The Kier molecular flexibility index (Phi) is 8.85. The van der Waals surface area contributed by atoms with Crippen molar-refractivity contribution in [3.05, 3.63) is 24.3 Å². The summed E-state index contributed by atoms with van der Waals surface area (Å²) in [5, 5.41) is 11.6. The molecule has 1 heterocycles. The highest BCUT2D eigenvalue weighted by Crippen LogP contribution is 2.11. The van der Waals surface area contributed by atoms with Crippen LogP contribution >= 0.6 is 0 Å². The van der Waals surface area contributed by atoms with Crippen LogP contribution in [0.25, 0.3) is 0 Å². The fourth-order valence-corrected chi connectivity index (χ4v) is 2.68. The maximum atomic E-state index is 11.9. The van der Waals surface area contributed by atoms with Gasteiger partial charge in [-0.2, -0.15) is 0 Å². The van der Waals surface area contributed by atoms with E-state index in [4.69, 9.17) is 4.74 Å². The van der Waals surface area contributed by atoms with Crippen molar-refractivity contribution in [2.24, 2.45) is 5.92 Å². The van der Waals surface area contributed by atoms with Crippen molar-refractivity contribution in [1.82, 2.24) is 21.3 Å². The molecule has 2 aliphatic rings. The normalized spacial score (nSPS) is 21.8. The summed E-state index contributed by atoms with van der Waals surface area (Å²) in [6.45, 7) is 3.07. The Morgan fingerprint density at radius 1 is 1.08 bits per heavy atom. The van der Waals surface area contributed by atoms with E-state index < -0.39 is 0 Å². The first-order valence-electron chi connectivity index (χ1n) is 9.12. The van der Waals surface area contributed by atoms with Crippen LogP contribution < -0.4 is 21.3 Å². The summed E-state index contributed by atoms with van der Waals surface area (Å²) in [6.07, 6.45) is 9.17. The van der Waals surface area contributed by atoms with Gasteiger partial charge in [0.05, 0.1) is 19.1 Å². The monoisotopic (exact) mass is 364 g/mol. The lowest BCUT2D eigenvalue weighted by molar-refractivity contribution is -0.144. The second-order valence-electron chi connectivity index (χ2n) is 6.34. The molecule has 0 saturated carbocycles. The molecule has 1 saturated heterocycles. The molecule has 0 aromatic heterocycles. The summed E-state index contributed by atoms with van der Waals surface area (Å²) in [7, 11) is 0. The molecule has 0 spiro atoms. The van der Waals surface area contributed by atoms with Gasteiger partial charge < -0.3 is 26.0 Å². The predicted molar refractivity (Wildman–Crippen MR) is 97.3 cm³/mol. The minimum Gasteiger partial charge on any atom is -0.465 e. The number of hydrogen-bond acceptors (Lipinski definition) is 6. The van der Waals surface area contributed by atoms with Gasteiger partial charge in [0.15, 0.2) is 0 Å². The zero-order chi connectivity index (χ0) is 18.6. The third-order valence-corrected chi connectivity index (χ3v) is 4.19. The summed E-state index contributed by atoms with van der Waals surface area (Å²) in [5.41, 5.74) is 0. The molecule has 8 nitrogen and oxygen atoms in total. The van der Waals surface area contributed by atoms with Crippen molar-refractivity contribution in [1.29, 1.82) is 0 Å². The lowest BCUT2D eigenvalue weighted by Crippen LogP contribution is -2.55. The van der Waals surface area contributed by atoms with Gasteiger partial charge in [-0.15, -0.1) is 0 Å².